The van der Waals surface area contributed by atoms with E-state index < -0.39 is 6.09 Å². The van der Waals surface area contributed by atoms with Gasteiger partial charge in [0, 0.05) is 13.1 Å². The molecule has 1 aliphatic heterocycles. The van der Waals surface area contributed by atoms with Gasteiger partial charge in [0.05, 0.1) is 0 Å². The highest BCUT2D eigenvalue weighted by atomic mass is 16.7. The van der Waals surface area contributed by atoms with Crippen molar-refractivity contribution in [3.05, 3.63) is 35.4 Å². The van der Waals surface area contributed by atoms with Gasteiger partial charge >= 0.3 is 6.09 Å². The number of nitrogens with two attached hydrogens (primary N) is 1. The normalized spacial score (nSPS) is 14.8. The summed E-state index contributed by atoms with van der Waals surface area (Å²) < 4.78 is 0. The maximum absolute atomic E-state index is 11.2. The van der Waals surface area contributed by atoms with E-state index in [1.807, 2.05) is 18.2 Å². The van der Waals surface area contributed by atoms with E-state index in [0.717, 1.165) is 6.42 Å². The lowest BCUT2D eigenvalue weighted by Gasteiger charge is -2.26. The van der Waals surface area contributed by atoms with E-state index in [4.69, 9.17) is 5.90 Å². The molecule has 2 rings (SSSR count). The van der Waals surface area contributed by atoms with Crippen molar-refractivity contribution < 1.29 is 9.63 Å². The summed E-state index contributed by atoms with van der Waals surface area (Å²) in [5, 5.41) is 0. The second-order valence-corrected chi connectivity index (χ2v) is 3.32. The zero-order chi connectivity index (χ0) is 9.97. The number of fused-ring (bicyclic) bond motifs is 1. The van der Waals surface area contributed by atoms with Crippen molar-refractivity contribution in [3.63, 3.8) is 0 Å². The van der Waals surface area contributed by atoms with Crippen molar-refractivity contribution in [2.45, 2.75) is 13.0 Å². The Morgan fingerprint density at radius 3 is 2.79 bits per heavy atom. The fourth-order valence-electron chi connectivity index (χ4n) is 1.73. The molecule has 0 fully saturated rings. The van der Waals surface area contributed by atoms with E-state index in [0.29, 0.717) is 13.1 Å². The number of carbonyl (C=O) groups excluding carboxylic acids is 1. The van der Waals surface area contributed by atoms with Gasteiger partial charge in [-0.3, -0.25) is 0 Å². The molecule has 0 saturated carbocycles. The molecule has 1 amide bonds. The van der Waals surface area contributed by atoms with E-state index in [2.05, 4.69) is 10.9 Å². The number of benzene rings is 1. The topological polar surface area (TPSA) is 55.6 Å². The van der Waals surface area contributed by atoms with Gasteiger partial charge in [-0.25, -0.2) is 4.79 Å². The summed E-state index contributed by atoms with van der Waals surface area (Å²) in [4.78, 5) is 16.9. The van der Waals surface area contributed by atoms with Gasteiger partial charge in [-0.1, -0.05) is 24.3 Å². The van der Waals surface area contributed by atoms with Gasteiger partial charge in [0.25, 0.3) is 0 Å². The molecular formula is C10H12N2O2. The van der Waals surface area contributed by atoms with E-state index in [-0.39, 0.29) is 0 Å². The van der Waals surface area contributed by atoms with Crippen molar-refractivity contribution in [1.82, 2.24) is 4.90 Å². The molecule has 1 aromatic carbocycles. The first kappa shape index (κ1) is 9.02. The predicted molar refractivity (Wildman–Crippen MR) is 51.2 cm³/mol. The van der Waals surface area contributed by atoms with Crippen LogP contribution in [0.1, 0.15) is 11.1 Å². The van der Waals surface area contributed by atoms with Crippen LogP contribution in [0.5, 0.6) is 0 Å². The van der Waals surface area contributed by atoms with Crippen molar-refractivity contribution >= 4 is 6.09 Å². The first-order valence-electron chi connectivity index (χ1n) is 4.53. The first-order valence-corrected chi connectivity index (χ1v) is 4.53. The first-order chi connectivity index (χ1) is 6.81. The average Bonchev–Trinajstić information content (AvgIpc) is 2.27. The van der Waals surface area contributed by atoms with Crippen LogP contribution in [0.15, 0.2) is 24.3 Å². The third-order valence-corrected chi connectivity index (χ3v) is 2.49. The largest absolute Gasteiger partial charge is 0.428 e. The quantitative estimate of drug-likeness (QED) is 0.625. The van der Waals surface area contributed by atoms with Crippen molar-refractivity contribution in [3.8, 4) is 0 Å². The molecule has 0 radical (unpaired) electrons. The maximum Gasteiger partial charge on any atom is 0.428 e. The standard InChI is InChI=1S/C10H12N2O2/c11-14-10(13)12-6-5-8-3-1-2-4-9(8)7-12/h1-4H,5-7,11H2. The smallest absolute Gasteiger partial charge is 0.357 e. The zero-order valence-electron chi connectivity index (χ0n) is 7.77. The van der Waals surface area contributed by atoms with Crippen LogP contribution in [0.2, 0.25) is 0 Å². The van der Waals surface area contributed by atoms with Gasteiger partial charge in [-0.2, -0.15) is 5.90 Å². The molecule has 0 aromatic heterocycles. The lowest BCUT2D eigenvalue weighted by atomic mass is 10.0. The highest BCUT2D eigenvalue weighted by molar-refractivity contribution is 5.67. The highest BCUT2D eigenvalue weighted by Gasteiger charge is 2.20. The molecular weight excluding hydrogens is 180 g/mol. The number of hydrogen-bond acceptors (Lipinski definition) is 3. The fourth-order valence-corrected chi connectivity index (χ4v) is 1.73. The Morgan fingerprint density at radius 1 is 1.36 bits per heavy atom. The van der Waals surface area contributed by atoms with E-state index in [1.54, 1.807) is 4.90 Å². The lowest BCUT2D eigenvalue weighted by Crippen LogP contribution is -2.37. The molecule has 2 N–H and O–H groups in total. The van der Waals surface area contributed by atoms with E-state index >= 15 is 0 Å². The second kappa shape index (κ2) is 3.67. The van der Waals surface area contributed by atoms with Crippen LogP contribution in [0, 0.1) is 0 Å². The SMILES string of the molecule is NOC(=O)N1CCc2ccccc2C1. The number of hydrogen-bond donors (Lipinski definition) is 1. The van der Waals surface area contributed by atoms with Crippen LogP contribution in [0.4, 0.5) is 4.79 Å². The number of rotatable bonds is 0. The van der Waals surface area contributed by atoms with Gasteiger partial charge in [0.2, 0.25) is 0 Å². The summed E-state index contributed by atoms with van der Waals surface area (Å²) in [5.74, 6) is 4.83. The van der Waals surface area contributed by atoms with Gasteiger partial charge in [0.1, 0.15) is 0 Å². The third-order valence-electron chi connectivity index (χ3n) is 2.49. The molecule has 0 aliphatic carbocycles. The Hall–Kier alpha value is -1.55. The minimum absolute atomic E-state index is 0.459. The minimum Gasteiger partial charge on any atom is -0.357 e. The monoisotopic (exact) mass is 192 g/mol. The molecule has 4 heteroatoms. The molecule has 1 aromatic rings. The maximum atomic E-state index is 11.2. The van der Waals surface area contributed by atoms with Crippen molar-refractivity contribution in [2.75, 3.05) is 6.54 Å². The van der Waals surface area contributed by atoms with Crippen molar-refractivity contribution in [2.24, 2.45) is 5.90 Å². The van der Waals surface area contributed by atoms with Gasteiger partial charge < -0.3 is 9.74 Å². The minimum atomic E-state index is -0.459. The molecule has 74 valence electrons. The summed E-state index contributed by atoms with van der Waals surface area (Å²) in [5.41, 5.74) is 2.47. The van der Waals surface area contributed by atoms with E-state index in [1.165, 1.54) is 11.1 Å². The predicted octanol–water partition coefficient (Wildman–Crippen LogP) is 1.06. The molecule has 0 atom stereocenters. The number of amides is 1. The van der Waals surface area contributed by atoms with Gasteiger partial charge in [0.15, 0.2) is 0 Å². The van der Waals surface area contributed by atoms with Crippen LogP contribution >= 0.6 is 0 Å². The van der Waals surface area contributed by atoms with Crippen LogP contribution in [0.3, 0.4) is 0 Å². The van der Waals surface area contributed by atoms with Crippen LogP contribution < -0.4 is 5.90 Å². The summed E-state index contributed by atoms with van der Waals surface area (Å²) in [7, 11) is 0. The molecule has 0 spiro atoms. The second-order valence-electron chi connectivity index (χ2n) is 3.32. The molecule has 0 bridgehead atoms. The molecule has 1 aliphatic rings. The molecule has 4 nitrogen and oxygen atoms in total. The Balaban J connectivity index is 2.17. The summed E-state index contributed by atoms with van der Waals surface area (Å²) >= 11 is 0. The third kappa shape index (κ3) is 1.56. The number of nitrogens with zero attached hydrogens (tertiary/aromatic N) is 1. The Labute approximate surface area is 82.2 Å². The Morgan fingerprint density at radius 2 is 2.07 bits per heavy atom. The summed E-state index contributed by atoms with van der Waals surface area (Å²) in [6, 6.07) is 8.08. The van der Waals surface area contributed by atoms with Crippen molar-refractivity contribution in [1.29, 1.82) is 0 Å². The fraction of sp³-hybridized carbons (Fsp3) is 0.300. The highest BCUT2D eigenvalue weighted by Crippen LogP contribution is 2.18. The number of carbonyl (C=O) groups is 1. The van der Waals surface area contributed by atoms with Crippen LogP contribution in [-0.4, -0.2) is 17.5 Å². The van der Waals surface area contributed by atoms with Crippen LogP contribution in [0.25, 0.3) is 0 Å². The lowest BCUT2D eigenvalue weighted by molar-refractivity contribution is 0.0984. The zero-order valence-corrected chi connectivity index (χ0v) is 7.77. The Bertz CT molecular complexity index is 352. The molecule has 1 heterocycles. The molecule has 14 heavy (non-hydrogen) atoms. The summed E-state index contributed by atoms with van der Waals surface area (Å²) in [6.45, 7) is 1.26. The van der Waals surface area contributed by atoms with E-state index in [9.17, 15) is 4.79 Å². The van der Waals surface area contributed by atoms with Gasteiger partial charge in [-0.05, 0) is 17.5 Å². The summed E-state index contributed by atoms with van der Waals surface area (Å²) in [6.07, 6.45) is 0.408. The Kier molecular flexibility index (Phi) is 2.37. The van der Waals surface area contributed by atoms with Gasteiger partial charge in [-0.15, -0.1) is 0 Å². The molecule has 0 unspecified atom stereocenters. The van der Waals surface area contributed by atoms with Crippen LogP contribution in [-0.2, 0) is 17.8 Å². The average molecular weight is 192 g/mol. The molecule has 0 saturated heterocycles.